The molecule has 1 amide bonds. The molecule has 1 fully saturated rings. The van der Waals surface area contributed by atoms with Crippen molar-refractivity contribution < 1.29 is 31.1 Å². The van der Waals surface area contributed by atoms with Crippen LogP contribution in [0.2, 0.25) is 0 Å². The largest absolute Gasteiger partial charge is 0.416 e. The van der Waals surface area contributed by atoms with Crippen molar-refractivity contribution in [3.05, 3.63) is 101 Å². The summed E-state index contributed by atoms with van der Waals surface area (Å²) in [6, 6.07) is 19.1. The molecular formula is C27H23F6N3OS. The Labute approximate surface area is 220 Å². The van der Waals surface area contributed by atoms with Gasteiger partial charge in [0.1, 0.15) is 0 Å². The van der Waals surface area contributed by atoms with E-state index >= 15 is 0 Å². The summed E-state index contributed by atoms with van der Waals surface area (Å²) in [4.78, 5) is 16.4. The minimum Gasteiger partial charge on any atom is -0.338 e. The van der Waals surface area contributed by atoms with E-state index < -0.39 is 35.2 Å². The molecule has 1 atom stereocenters. The molecule has 4 rings (SSSR count). The van der Waals surface area contributed by atoms with Crippen molar-refractivity contribution in [2.24, 2.45) is 0 Å². The second-order valence-electron chi connectivity index (χ2n) is 8.85. The van der Waals surface area contributed by atoms with Crippen LogP contribution in [0.3, 0.4) is 0 Å². The molecule has 1 aliphatic rings. The topological polar surface area (TPSA) is 35.6 Å². The lowest BCUT2D eigenvalue weighted by Crippen LogP contribution is -2.53. The predicted molar refractivity (Wildman–Crippen MR) is 135 cm³/mol. The van der Waals surface area contributed by atoms with Crippen molar-refractivity contribution in [3.63, 3.8) is 0 Å². The van der Waals surface area contributed by atoms with Crippen LogP contribution in [0.15, 0.2) is 78.9 Å². The van der Waals surface area contributed by atoms with Gasteiger partial charge in [-0.05, 0) is 41.5 Å². The Morgan fingerprint density at radius 3 is 1.95 bits per heavy atom. The molecule has 1 aliphatic heterocycles. The van der Waals surface area contributed by atoms with Gasteiger partial charge in [0, 0.05) is 25.3 Å². The summed E-state index contributed by atoms with van der Waals surface area (Å²) in [6.07, 6.45) is -9.75. The lowest BCUT2D eigenvalue weighted by atomic mass is 10.0. The molecule has 0 aliphatic carbocycles. The third-order valence-electron chi connectivity index (χ3n) is 6.22. The highest BCUT2D eigenvalue weighted by Gasteiger charge is 2.37. The zero-order valence-electron chi connectivity index (χ0n) is 19.9. The standard InChI is InChI=1S/C27H23F6N3OS/c28-26(29,30)20-14-21(27(31,32)33)16-22(15-20)34-25(38)36-12-11-35(17-23(36)19-9-5-2-6-10-19)24(37)13-18-7-3-1-4-8-18/h1-10,14-16,23H,11-13,17H2,(H,34,38). The van der Waals surface area contributed by atoms with Gasteiger partial charge in [-0.1, -0.05) is 60.7 Å². The Balaban J connectivity index is 1.58. The van der Waals surface area contributed by atoms with E-state index in [-0.39, 0.29) is 43.1 Å². The van der Waals surface area contributed by atoms with E-state index in [0.717, 1.165) is 11.1 Å². The lowest BCUT2D eigenvalue weighted by molar-refractivity contribution is -0.143. The third-order valence-corrected chi connectivity index (χ3v) is 6.55. The molecule has 1 saturated heterocycles. The molecule has 38 heavy (non-hydrogen) atoms. The van der Waals surface area contributed by atoms with E-state index in [1.807, 2.05) is 48.5 Å². The SMILES string of the molecule is O=C(Cc1ccccc1)N1CCN(C(=S)Nc2cc(C(F)(F)F)cc(C(F)(F)F)c2)C(c2ccccc2)C1. The number of nitrogens with one attached hydrogen (secondary N) is 1. The minimum atomic E-state index is -4.98. The van der Waals surface area contributed by atoms with Crippen LogP contribution in [-0.2, 0) is 23.6 Å². The quantitative estimate of drug-likeness (QED) is 0.295. The van der Waals surface area contributed by atoms with Crippen LogP contribution in [0.25, 0.3) is 0 Å². The van der Waals surface area contributed by atoms with Crippen molar-refractivity contribution in [1.29, 1.82) is 0 Å². The monoisotopic (exact) mass is 551 g/mol. The molecule has 0 saturated carbocycles. The van der Waals surface area contributed by atoms with Crippen LogP contribution in [-0.4, -0.2) is 40.5 Å². The molecule has 200 valence electrons. The average Bonchev–Trinajstić information content (AvgIpc) is 2.88. The highest BCUT2D eigenvalue weighted by Crippen LogP contribution is 2.38. The van der Waals surface area contributed by atoms with Crippen molar-refractivity contribution in [3.8, 4) is 0 Å². The minimum absolute atomic E-state index is 0.0403. The second kappa shape index (κ2) is 11.0. The molecule has 0 aromatic heterocycles. The second-order valence-corrected chi connectivity index (χ2v) is 9.23. The maximum Gasteiger partial charge on any atom is 0.416 e. The summed E-state index contributed by atoms with van der Waals surface area (Å²) in [5, 5.41) is 2.53. The Bertz CT molecular complexity index is 1250. The first-order valence-corrected chi connectivity index (χ1v) is 12.1. The van der Waals surface area contributed by atoms with E-state index in [2.05, 4.69) is 5.32 Å². The highest BCUT2D eigenvalue weighted by molar-refractivity contribution is 7.80. The fraction of sp³-hybridized carbons (Fsp3) is 0.259. The zero-order chi connectivity index (χ0) is 27.5. The number of alkyl halides is 6. The van der Waals surface area contributed by atoms with Gasteiger partial charge in [0.15, 0.2) is 5.11 Å². The van der Waals surface area contributed by atoms with Crippen LogP contribution in [0.5, 0.6) is 0 Å². The Morgan fingerprint density at radius 1 is 0.842 bits per heavy atom. The first-order chi connectivity index (χ1) is 17.9. The van der Waals surface area contributed by atoms with Gasteiger partial charge >= 0.3 is 12.4 Å². The first kappa shape index (κ1) is 27.4. The molecular weight excluding hydrogens is 528 g/mol. The maximum atomic E-state index is 13.3. The average molecular weight is 552 g/mol. The molecule has 3 aromatic carbocycles. The zero-order valence-corrected chi connectivity index (χ0v) is 20.7. The fourth-order valence-corrected chi connectivity index (χ4v) is 4.65. The van der Waals surface area contributed by atoms with Gasteiger partial charge < -0.3 is 15.1 Å². The Morgan fingerprint density at radius 2 is 1.39 bits per heavy atom. The molecule has 3 aromatic rings. The number of carbonyl (C=O) groups is 1. The van der Waals surface area contributed by atoms with Gasteiger partial charge in [-0.3, -0.25) is 4.79 Å². The van der Waals surface area contributed by atoms with E-state index in [1.165, 1.54) is 0 Å². The van der Waals surface area contributed by atoms with Crippen molar-refractivity contribution in [1.82, 2.24) is 9.80 Å². The van der Waals surface area contributed by atoms with E-state index in [1.54, 1.807) is 21.9 Å². The smallest absolute Gasteiger partial charge is 0.338 e. The van der Waals surface area contributed by atoms with Crippen LogP contribution >= 0.6 is 12.2 Å². The summed E-state index contributed by atoms with van der Waals surface area (Å²) in [5.74, 6) is -0.0941. The summed E-state index contributed by atoms with van der Waals surface area (Å²) >= 11 is 5.46. The maximum absolute atomic E-state index is 13.3. The van der Waals surface area contributed by atoms with Gasteiger partial charge in [0.25, 0.3) is 0 Å². The number of anilines is 1. The van der Waals surface area contributed by atoms with Gasteiger partial charge in [-0.2, -0.15) is 26.3 Å². The van der Waals surface area contributed by atoms with Crippen LogP contribution < -0.4 is 5.32 Å². The third kappa shape index (κ3) is 6.63. The van der Waals surface area contributed by atoms with Gasteiger partial charge in [0.05, 0.1) is 23.6 Å². The number of piperazine rings is 1. The summed E-state index contributed by atoms with van der Waals surface area (Å²) < 4.78 is 79.9. The number of hydrogen-bond donors (Lipinski definition) is 1. The fourth-order valence-electron chi connectivity index (χ4n) is 4.32. The number of thiocarbonyl (C=S) groups is 1. The van der Waals surface area contributed by atoms with Crippen LogP contribution in [0.4, 0.5) is 32.0 Å². The molecule has 11 heteroatoms. The number of carbonyl (C=O) groups excluding carboxylic acids is 1. The van der Waals surface area contributed by atoms with Crippen molar-refractivity contribution in [2.45, 2.75) is 24.8 Å². The number of nitrogens with zero attached hydrogens (tertiary/aromatic N) is 2. The number of amides is 1. The van der Waals surface area contributed by atoms with E-state index in [4.69, 9.17) is 12.2 Å². The number of benzene rings is 3. The number of rotatable bonds is 4. The van der Waals surface area contributed by atoms with Gasteiger partial charge in [-0.15, -0.1) is 0 Å². The summed E-state index contributed by atoms with van der Waals surface area (Å²) in [5.41, 5.74) is -1.64. The number of hydrogen-bond acceptors (Lipinski definition) is 2. The Hall–Kier alpha value is -3.60. The van der Waals surface area contributed by atoms with Gasteiger partial charge in [0.2, 0.25) is 5.91 Å². The molecule has 1 unspecified atom stereocenters. The predicted octanol–water partition coefficient (Wildman–Crippen LogP) is 6.55. The van der Waals surface area contributed by atoms with Crippen molar-refractivity contribution in [2.75, 3.05) is 25.0 Å². The number of halogens is 6. The highest BCUT2D eigenvalue weighted by atomic mass is 32.1. The van der Waals surface area contributed by atoms with Crippen LogP contribution in [0.1, 0.15) is 28.3 Å². The molecule has 0 radical (unpaired) electrons. The summed E-state index contributed by atoms with van der Waals surface area (Å²) in [7, 11) is 0. The van der Waals surface area contributed by atoms with E-state index in [9.17, 15) is 31.1 Å². The first-order valence-electron chi connectivity index (χ1n) is 11.7. The van der Waals surface area contributed by atoms with E-state index in [0.29, 0.717) is 12.1 Å². The molecule has 0 spiro atoms. The molecule has 0 bridgehead atoms. The van der Waals surface area contributed by atoms with Crippen LogP contribution in [0, 0.1) is 0 Å². The Kier molecular flexibility index (Phi) is 7.96. The normalized spacial score (nSPS) is 16.3. The summed E-state index contributed by atoms with van der Waals surface area (Å²) in [6.45, 7) is 0.762. The molecule has 1 heterocycles. The lowest BCUT2D eigenvalue weighted by Gasteiger charge is -2.43. The van der Waals surface area contributed by atoms with Crippen molar-refractivity contribution >= 4 is 28.9 Å². The molecule has 4 nitrogen and oxygen atoms in total. The van der Waals surface area contributed by atoms with Gasteiger partial charge in [-0.25, -0.2) is 0 Å². The molecule has 1 N–H and O–H groups in total.